The van der Waals surface area contributed by atoms with E-state index in [4.69, 9.17) is 5.11 Å². The van der Waals surface area contributed by atoms with E-state index in [-0.39, 0.29) is 12.5 Å². The van der Waals surface area contributed by atoms with Gasteiger partial charge in [0.15, 0.2) is 0 Å². The molecule has 0 radical (unpaired) electrons. The molecule has 0 bridgehead atoms. The SMILES string of the molecule is CC(C(=O)N1CCCN(CCO)CC1)C1CC1. The number of hydrogen-bond donors (Lipinski definition) is 1. The van der Waals surface area contributed by atoms with Crippen LogP contribution in [-0.4, -0.2) is 60.1 Å². The first-order chi connectivity index (χ1) is 8.22. The third kappa shape index (κ3) is 3.42. The lowest BCUT2D eigenvalue weighted by molar-refractivity contribution is -0.135. The molecule has 0 aromatic carbocycles. The van der Waals surface area contributed by atoms with Gasteiger partial charge in [-0.15, -0.1) is 0 Å². The van der Waals surface area contributed by atoms with Gasteiger partial charge in [0.2, 0.25) is 5.91 Å². The zero-order valence-electron chi connectivity index (χ0n) is 10.8. The summed E-state index contributed by atoms with van der Waals surface area (Å²) in [6.07, 6.45) is 3.50. The lowest BCUT2D eigenvalue weighted by Crippen LogP contribution is -2.39. The number of nitrogens with zero attached hydrogens (tertiary/aromatic N) is 2. The van der Waals surface area contributed by atoms with Crippen molar-refractivity contribution < 1.29 is 9.90 Å². The van der Waals surface area contributed by atoms with E-state index in [1.807, 2.05) is 4.90 Å². The number of aliphatic hydroxyl groups excluding tert-OH is 1. The van der Waals surface area contributed by atoms with Gasteiger partial charge in [-0.3, -0.25) is 9.69 Å². The fourth-order valence-corrected chi connectivity index (χ4v) is 2.64. The van der Waals surface area contributed by atoms with E-state index < -0.39 is 0 Å². The van der Waals surface area contributed by atoms with Crippen LogP contribution in [0.2, 0.25) is 0 Å². The first-order valence-corrected chi connectivity index (χ1v) is 6.84. The van der Waals surface area contributed by atoms with E-state index in [0.717, 1.165) is 39.1 Å². The summed E-state index contributed by atoms with van der Waals surface area (Å²) in [6.45, 7) is 6.66. The smallest absolute Gasteiger partial charge is 0.225 e. The predicted molar refractivity (Wildman–Crippen MR) is 66.6 cm³/mol. The molecule has 1 aliphatic heterocycles. The fraction of sp³-hybridized carbons (Fsp3) is 0.923. The van der Waals surface area contributed by atoms with Crippen LogP contribution in [0.4, 0.5) is 0 Å². The first kappa shape index (κ1) is 12.8. The number of carbonyl (C=O) groups excluding carboxylic acids is 1. The van der Waals surface area contributed by atoms with E-state index in [1.54, 1.807) is 0 Å². The number of aliphatic hydroxyl groups is 1. The second-order valence-corrected chi connectivity index (χ2v) is 5.37. The Morgan fingerprint density at radius 3 is 2.71 bits per heavy atom. The van der Waals surface area contributed by atoms with Crippen molar-refractivity contribution in [2.75, 3.05) is 39.3 Å². The minimum Gasteiger partial charge on any atom is -0.395 e. The summed E-state index contributed by atoms with van der Waals surface area (Å²) in [5.74, 6) is 1.22. The van der Waals surface area contributed by atoms with Crippen LogP contribution in [0.3, 0.4) is 0 Å². The number of rotatable bonds is 4. The summed E-state index contributed by atoms with van der Waals surface area (Å²) in [6, 6.07) is 0. The second kappa shape index (κ2) is 5.83. The highest BCUT2D eigenvalue weighted by Crippen LogP contribution is 2.37. The van der Waals surface area contributed by atoms with Crippen molar-refractivity contribution in [2.24, 2.45) is 11.8 Å². The van der Waals surface area contributed by atoms with Crippen molar-refractivity contribution in [2.45, 2.75) is 26.2 Å². The van der Waals surface area contributed by atoms with Crippen molar-refractivity contribution in [3.05, 3.63) is 0 Å². The molecule has 1 N–H and O–H groups in total. The Morgan fingerprint density at radius 2 is 2.06 bits per heavy atom. The number of amides is 1. The largest absolute Gasteiger partial charge is 0.395 e. The van der Waals surface area contributed by atoms with E-state index >= 15 is 0 Å². The summed E-state index contributed by atoms with van der Waals surface area (Å²) in [7, 11) is 0. The standard InChI is InChI=1S/C13H24N2O2/c1-11(12-3-4-12)13(17)15-6-2-5-14(7-8-15)9-10-16/h11-12,16H,2-10H2,1H3. The number of carbonyl (C=O) groups is 1. The molecular weight excluding hydrogens is 216 g/mol. The highest BCUT2D eigenvalue weighted by atomic mass is 16.3. The molecule has 1 amide bonds. The predicted octanol–water partition coefficient (Wildman–Crippen LogP) is 0.559. The first-order valence-electron chi connectivity index (χ1n) is 6.84. The number of β-amino-alcohol motifs (C(OH)–C–C–N with tert-alkyl or cyclic N) is 1. The van der Waals surface area contributed by atoms with Gasteiger partial charge in [0.05, 0.1) is 6.61 Å². The van der Waals surface area contributed by atoms with E-state index in [1.165, 1.54) is 12.8 Å². The van der Waals surface area contributed by atoms with Gasteiger partial charge in [-0.25, -0.2) is 0 Å². The van der Waals surface area contributed by atoms with Crippen LogP contribution in [0.25, 0.3) is 0 Å². The van der Waals surface area contributed by atoms with Crippen LogP contribution < -0.4 is 0 Å². The summed E-state index contributed by atoms with van der Waals surface area (Å²) < 4.78 is 0. The molecule has 1 aliphatic carbocycles. The third-order valence-electron chi connectivity index (χ3n) is 4.04. The normalized spacial score (nSPS) is 24.5. The fourth-order valence-electron chi connectivity index (χ4n) is 2.64. The molecule has 1 atom stereocenters. The molecule has 0 spiro atoms. The molecule has 98 valence electrons. The molecule has 1 saturated heterocycles. The lowest BCUT2D eigenvalue weighted by Gasteiger charge is -2.24. The molecular formula is C13H24N2O2. The molecule has 1 unspecified atom stereocenters. The number of hydrogen-bond acceptors (Lipinski definition) is 3. The van der Waals surface area contributed by atoms with E-state index in [0.29, 0.717) is 11.8 Å². The average Bonchev–Trinajstić information content (AvgIpc) is 3.15. The lowest BCUT2D eigenvalue weighted by atomic mass is 10.0. The summed E-state index contributed by atoms with van der Waals surface area (Å²) in [4.78, 5) is 16.5. The third-order valence-corrected chi connectivity index (χ3v) is 4.04. The van der Waals surface area contributed by atoms with E-state index in [2.05, 4.69) is 11.8 Å². The molecule has 1 saturated carbocycles. The summed E-state index contributed by atoms with van der Waals surface area (Å²) >= 11 is 0. The maximum Gasteiger partial charge on any atom is 0.225 e. The van der Waals surface area contributed by atoms with Crippen LogP contribution in [0, 0.1) is 11.8 Å². The van der Waals surface area contributed by atoms with Gasteiger partial charge < -0.3 is 10.0 Å². The molecule has 2 aliphatic rings. The molecule has 4 heteroatoms. The van der Waals surface area contributed by atoms with Crippen LogP contribution >= 0.6 is 0 Å². The maximum absolute atomic E-state index is 12.3. The van der Waals surface area contributed by atoms with Gasteiger partial charge in [0.25, 0.3) is 0 Å². The Hall–Kier alpha value is -0.610. The average molecular weight is 240 g/mol. The van der Waals surface area contributed by atoms with Gasteiger partial charge in [-0.2, -0.15) is 0 Å². The monoisotopic (exact) mass is 240 g/mol. The minimum absolute atomic E-state index is 0.215. The van der Waals surface area contributed by atoms with Gasteiger partial charge in [0, 0.05) is 32.1 Å². The van der Waals surface area contributed by atoms with E-state index in [9.17, 15) is 4.79 Å². The highest BCUT2D eigenvalue weighted by Gasteiger charge is 2.35. The quantitative estimate of drug-likeness (QED) is 0.781. The van der Waals surface area contributed by atoms with Crippen LogP contribution in [0.15, 0.2) is 0 Å². The zero-order valence-corrected chi connectivity index (χ0v) is 10.8. The van der Waals surface area contributed by atoms with Crippen molar-refractivity contribution in [1.82, 2.24) is 9.80 Å². The van der Waals surface area contributed by atoms with Gasteiger partial charge in [0.1, 0.15) is 0 Å². The summed E-state index contributed by atoms with van der Waals surface area (Å²) in [5, 5.41) is 8.93. The van der Waals surface area contributed by atoms with Crippen LogP contribution in [0.1, 0.15) is 26.2 Å². The Bertz CT molecular complexity index is 266. The molecule has 17 heavy (non-hydrogen) atoms. The molecule has 4 nitrogen and oxygen atoms in total. The molecule has 1 heterocycles. The minimum atomic E-state index is 0.215. The zero-order chi connectivity index (χ0) is 12.3. The maximum atomic E-state index is 12.3. The van der Waals surface area contributed by atoms with Crippen molar-refractivity contribution >= 4 is 5.91 Å². The Kier molecular flexibility index (Phi) is 4.40. The Balaban J connectivity index is 1.82. The van der Waals surface area contributed by atoms with Crippen molar-refractivity contribution in [3.8, 4) is 0 Å². The van der Waals surface area contributed by atoms with Crippen LogP contribution in [0.5, 0.6) is 0 Å². The van der Waals surface area contributed by atoms with Gasteiger partial charge in [-0.05, 0) is 31.7 Å². The Morgan fingerprint density at radius 1 is 1.29 bits per heavy atom. The Labute approximate surface area is 104 Å². The molecule has 0 aromatic heterocycles. The summed E-state index contributed by atoms with van der Waals surface area (Å²) in [5.41, 5.74) is 0. The van der Waals surface area contributed by atoms with Crippen LogP contribution in [-0.2, 0) is 4.79 Å². The van der Waals surface area contributed by atoms with Crippen molar-refractivity contribution in [1.29, 1.82) is 0 Å². The van der Waals surface area contributed by atoms with Crippen molar-refractivity contribution in [3.63, 3.8) is 0 Å². The molecule has 2 rings (SSSR count). The highest BCUT2D eigenvalue weighted by molar-refractivity contribution is 5.79. The topological polar surface area (TPSA) is 43.8 Å². The van der Waals surface area contributed by atoms with Gasteiger partial charge in [-0.1, -0.05) is 6.92 Å². The molecule has 0 aromatic rings. The molecule has 2 fully saturated rings. The van der Waals surface area contributed by atoms with Gasteiger partial charge >= 0.3 is 0 Å². The second-order valence-electron chi connectivity index (χ2n) is 5.37.